The second kappa shape index (κ2) is 4.45. The minimum Gasteiger partial charge on any atom is -0.399 e. The number of rotatable bonds is 2. The lowest BCUT2D eigenvalue weighted by Crippen LogP contribution is -2.00. The summed E-state index contributed by atoms with van der Waals surface area (Å²) in [5.41, 5.74) is 7.08. The van der Waals surface area contributed by atoms with Crippen LogP contribution in [0.1, 0.15) is 15.9 Å². The maximum absolute atomic E-state index is 12.0. The van der Waals surface area contributed by atoms with Gasteiger partial charge in [0, 0.05) is 11.3 Å². The third-order valence-electron chi connectivity index (χ3n) is 2.05. The summed E-state index contributed by atoms with van der Waals surface area (Å²) in [5.74, 6) is -0.166. The Kier molecular flexibility index (Phi) is 3.19. The van der Waals surface area contributed by atoms with Gasteiger partial charge in [0.05, 0.1) is 9.90 Å². The quantitative estimate of drug-likeness (QED) is 0.666. The van der Waals surface area contributed by atoms with Crippen molar-refractivity contribution in [1.29, 1.82) is 0 Å². The summed E-state index contributed by atoms with van der Waals surface area (Å²) < 4.78 is 0.898. The fourth-order valence-corrected chi connectivity index (χ4v) is 2.79. The van der Waals surface area contributed by atoms with Crippen LogP contribution in [0.25, 0.3) is 0 Å². The Labute approximate surface area is 107 Å². The molecule has 0 radical (unpaired) electrons. The van der Waals surface area contributed by atoms with Crippen LogP contribution >= 0.6 is 34.5 Å². The minimum atomic E-state index is -0.166. The van der Waals surface area contributed by atoms with E-state index in [9.17, 15) is 4.79 Å². The summed E-state index contributed by atoms with van der Waals surface area (Å²) >= 11 is 12.9. The summed E-state index contributed by atoms with van der Waals surface area (Å²) in [4.78, 5) is 12.0. The van der Waals surface area contributed by atoms with Crippen molar-refractivity contribution in [3.05, 3.63) is 50.1 Å². The predicted octanol–water partition coefficient (Wildman–Crippen LogP) is 3.87. The maximum Gasteiger partial charge on any atom is 0.195 e. The predicted molar refractivity (Wildman–Crippen MR) is 68.6 cm³/mol. The number of benzene rings is 1. The Balaban J connectivity index is 2.43. The van der Waals surface area contributed by atoms with Crippen LogP contribution in [0.5, 0.6) is 0 Å². The first-order valence-corrected chi connectivity index (χ1v) is 6.00. The molecule has 2 aromatic rings. The van der Waals surface area contributed by atoms with Gasteiger partial charge < -0.3 is 5.73 Å². The van der Waals surface area contributed by atoms with Gasteiger partial charge in [0.1, 0.15) is 4.34 Å². The van der Waals surface area contributed by atoms with Crippen LogP contribution in [0.4, 0.5) is 5.69 Å². The topological polar surface area (TPSA) is 43.1 Å². The van der Waals surface area contributed by atoms with Gasteiger partial charge in [0.25, 0.3) is 0 Å². The molecule has 0 fully saturated rings. The molecule has 82 valence electrons. The van der Waals surface area contributed by atoms with E-state index in [2.05, 4.69) is 0 Å². The molecule has 0 aliphatic heterocycles. The number of carbonyl (C=O) groups excluding carboxylic acids is 1. The van der Waals surface area contributed by atoms with Crippen LogP contribution in [0.2, 0.25) is 8.67 Å². The number of nitrogen functional groups attached to an aromatic ring is 1. The number of anilines is 1. The summed E-state index contributed by atoms with van der Waals surface area (Å²) in [5, 5.41) is 0. The van der Waals surface area contributed by atoms with E-state index in [4.69, 9.17) is 28.9 Å². The molecule has 2 N–H and O–H groups in total. The minimum absolute atomic E-state index is 0.166. The highest BCUT2D eigenvalue weighted by molar-refractivity contribution is 7.20. The van der Waals surface area contributed by atoms with Crippen LogP contribution in [0.15, 0.2) is 30.3 Å². The van der Waals surface area contributed by atoms with Gasteiger partial charge in [0.15, 0.2) is 5.78 Å². The highest BCUT2D eigenvalue weighted by atomic mass is 35.5. The van der Waals surface area contributed by atoms with Crippen LogP contribution in [0, 0.1) is 0 Å². The van der Waals surface area contributed by atoms with E-state index in [1.807, 2.05) is 0 Å². The largest absolute Gasteiger partial charge is 0.399 e. The van der Waals surface area contributed by atoms with E-state index in [0.717, 1.165) is 0 Å². The van der Waals surface area contributed by atoms with Crippen LogP contribution < -0.4 is 5.73 Å². The number of ketones is 1. The van der Waals surface area contributed by atoms with Gasteiger partial charge in [-0.1, -0.05) is 35.3 Å². The molecule has 0 atom stereocenters. The highest BCUT2D eigenvalue weighted by Gasteiger charge is 2.15. The molecule has 0 saturated carbocycles. The molecule has 0 aliphatic carbocycles. The second-order valence-electron chi connectivity index (χ2n) is 3.19. The van der Waals surface area contributed by atoms with Gasteiger partial charge in [0.2, 0.25) is 0 Å². The molecule has 5 heteroatoms. The zero-order chi connectivity index (χ0) is 11.7. The van der Waals surface area contributed by atoms with E-state index in [-0.39, 0.29) is 5.78 Å². The lowest BCUT2D eigenvalue weighted by Gasteiger charge is -2.00. The van der Waals surface area contributed by atoms with E-state index in [1.165, 1.54) is 11.3 Å². The average molecular weight is 272 g/mol. The van der Waals surface area contributed by atoms with Crippen molar-refractivity contribution in [3.8, 4) is 0 Å². The number of thiophene rings is 1. The second-order valence-corrected chi connectivity index (χ2v) is 5.48. The summed E-state index contributed by atoms with van der Waals surface area (Å²) in [6, 6.07) is 8.33. The fourth-order valence-electron chi connectivity index (χ4n) is 1.33. The van der Waals surface area contributed by atoms with Crippen molar-refractivity contribution in [3.63, 3.8) is 0 Å². The zero-order valence-electron chi connectivity index (χ0n) is 8.04. The molecule has 0 unspecified atom stereocenters. The Morgan fingerprint density at radius 3 is 2.56 bits per heavy atom. The van der Waals surface area contributed by atoms with E-state index >= 15 is 0 Å². The standard InChI is InChI=1S/C11H7Cl2NOS/c12-9-5-8(11(13)16-9)10(15)6-2-1-3-7(14)4-6/h1-5H,14H2. The lowest BCUT2D eigenvalue weighted by atomic mass is 10.1. The molecular formula is C11H7Cl2NOS. The molecule has 1 aromatic carbocycles. The maximum atomic E-state index is 12.0. The van der Waals surface area contributed by atoms with E-state index in [1.54, 1.807) is 30.3 Å². The molecule has 0 saturated heterocycles. The van der Waals surface area contributed by atoms with Crippen molar-refractivity contribution in [2.24, 2.45) is 0 Å². The molecule has 0 spiro atoms. The molecular weight excluding hydrogens is 265 g/mol. The van der Waals surface area contributed by atoms with Gasteiger partial charge >= 0.3 is 0 Å². The fraction of sp³-hybridized carbons (Fsp3) is 0. The first-order valence-electron chi connectivity index (χ1n) is 4.43. The number of nitrogens with two attached hydrogens (primary N) is 1. The zero-order valence-corrected chi connectivity index (χ0v) is 10.4. The monoisotopic (exact) mass is 271 g/mol. The number of hydrogen-bond acceptors (Lipinski definition) is 3. The molecule has 0 aliphatic rings. The molecule has 0 bridgehead atoms. The number of hydrogen-bond donors (Lipinski definition) is 1. The summed E-state index contributed by atoms with van der Waals surface area (Å²) in [6.45, 7) is 0. The van der Waals surface area contributed by atoms with Gasteiger partial charge in [-0.3, -0.25) is 4.79 Å². The molecule has 2 rings (SSSR count). The Hall–Kier alpha value is -1.03. The highest BCUT2D eigenvalue weighted by Crippen LogP contribution is 2.32. The van der Waals surface area contributed by atoms with Crippen LogP contribution in [-0.4, -0.2) is 5.78 Å². The summed E-state index contributed by atoms with van der Waals surface area (Å²) in [7, 11) is 0. The molecule has 1 aromatic heterocycles. The Morgan fingerprint density at radius 2 is 2.00 bits per heavy atom. The van der Waals surface area contributed by atoms with Gasteiger partial charge in [-0.2, -0.15) is 0 Å². The van der Waals surface area contributed by atoms with E-state index in [0.29, 0.717) is 25.5 Å². The van der Waals surface area contributed by atoms with Crippen molar-refractivity contribution in [1.82, 2.24) is 0 Å². The molecule has 2 nitrogen and oxygen atoms in total. The van der Waals surface area contributed by atoms with Crippen molar-refractivity contribution >= 4 is 46.0 Å². The normalized spacial score (nSPS) is 10.4. The molecule has 0 amide bonds. The van der Waals surface area contributed by atoms with Gasteiger partial charge in [-0.05, 0) is 18.2 Å². The van der Waals surface area contributed by atoms with Crippen LogP contribution in [-0.2, 0) is 0 Å². The molecule has 16 heavy (non-hydrogen) atoms. The Morgan fingerprint density at radius 1 is 1.25 bits per heavy atom. The van der Waals surface area contributed by atoms with Crippen molar-refractivity contribution in [2.45, 2.75) is 0 Å². The molecule has 1 heterocycles. The SMILES string of the molecule is Nc1cccc(C(=O)c2cc(Cl)sc2Cl)c1. The van der Waals surface area contributed by atoms with Crippen molar-refractivity contribution < 1.29 is 4.79 Å². The smallest absolute Gasteiger partial charge is 0.195 e. The number of carbonyl (C=O) groups is 1. The van der Waals surface area contributed by atoms with Gasteiger partial charge in [-0.25, -0.2) is 0 Å². The number of halogens is 2. The van der Waals surface area contributed by atoms with Crippen LogP contribution in [0.3, 0.4) is 0 Å². The lowest BCUT2D eigenvalue weighted by molar-refractivity contribution is 0.103. The first kappa shape index (κ1) is 11.5. The van der Waals surface area contributed by atoms with Gasteiger partial charge in [-0.15, -0.1) is 11.3 Å². The van der Waals surface area contributed by atoms with Crippen molar-refractivity contribution in [2.75, 3.05) is 5.73 Å². The Bertz CT molecular complexity index is 551. The third-order valence-corrected chi connectivity index (χ3v) is 3.54. The third kappa shape index (κ3) is 2.21. The first-order chi connectivity index (χ1) is 7.58. The van der Waals surface area contributed by atoms with E-state index < -0.39 is 0 Å². The average Bonchev–Trinajstić information content (AvgIpc) is 2.57. The summed E-state index contributed by atoms with van der Waals surface area (Å²) in [6.07, 6.45) is 0.